The fourth-order valence-electron chi connectivity index (χ4n) is 1.10. The van der Waals surface area contributed by atoms with Crippen molar-refractivity contribution in [3.63, 3.8) is 0 Å². The van der Waals surface area contributed by atoms with Gasteiger partial charge in [0.25, 0.3) is 0 Å². The molecular weight excluding hydrogens is 227 g/mol. The number of nitrogens with two attached hydrogens (primary N) is 2. The molecular formula is C8H8F3N3O2. The zero-order valence-electron chi connectivity index (χ0n) is 7.91. The molecule has 0 spiro atoms. The summed E-state index contributed by atoms with van der Waals surface area (Å²) in [5, 5.41) is 0. The summed E-state index contributed by atoms with van der Waals surface area (Å²) >= 11 is 0. The quantitative estimate of drug-likeness (QED) is 0.757. The van der Waals surface area contributed by atoms with Crippen molar-refractivity contribution in [3.8, 4) is 5.75 Å². The fourth-order valence-corrected chi connectivity index (χ4v) is 1.10. The average molecular weight is 235 g/mol. The number of carbonyl (C=O) groups excluding carboxylic acids is 1. The van der Waals surface area contributed by atoms with Gasteiger partial charge in [-0.15, -0.1) is 13.2 Å². The fraction of sp³-hybridized carbons (Fsp3) is 0.250. The molecule has 1 heterocycles. The van der Waals surface area contributed by atoms with Crippen molar-refractivity contribution in [1.82, 2.24) is 4.98 Å². The number of alkyl halides is 3. The number of halogens is 3. The van der Waals surface area contributed by atoms with Crippen molar-refractivity contribution in [2.24, 2.45) is 5.73 Å². The summed E-state index contributed by atoms with van der Waals surface area (Å²) in [5.41, 5.74) is 10.2. The number of hydrogen-bond donors (Lipinski definition) is 2. The molecule has 8 heteroatoms. The second-order valence-corrected chi connectivity index (χ2v) is 2.78. The number of pyridine rings is 1. The lowest BCUT2D eigenvalue weighted by Gasteiger charge is -2.14. The van der Waals surface area contributed by atoms with Crippen LogP contribution in [0.5, 0.6) is 5.75 Å². The Morgan fingerprint density at radius 1 is 1.50 bits per heavy atom. The molecule has 1 aromatic rings. The Morgan fingerprint density at radius 3 is 2.56 bits per heavy atom. The summed E-state index contributed by atoms with van der Waals surface area (Å²) in [5.74, 6) is -1.19. The largest absolute Gasteiger partial charge is 0.573 e. The molecule has 0 atom stereocenters. The van der Waals surface area contributed by atoms with Crippen LogP contribution < -0.4 is 16.2 Å². The van der Waals surface area contributed by atoms with Gasteiger partial charge in [0.05, 0.1) is 0 Å². The van der Waals surface area contributed by atoms with E-state index in [2.05, 4.69) is 9.72 Å². The minimum absolute atomic E-state index is 0.0871. The third-order valence-electron chi connectivity index (χ3n) is 1.75. The van der Waals surface area contributed by atoms with E-state index in [9.17, 15) is 18.0 Å². The summed E-state index contributed by atoms with van der Waals surface area (Å²) in [7, 11) is 0. The second-order valence-electron chi connectivity index (χ2n) is 2.78. The Bertz CT molecular complexity index is 406. The summed E-state index contributed by atoms with van der Waals surface area (Å²) < 4.78 is 39.8. The van der Waals surface area contributed by atoms with Crippen LogP contribution in [0.25, 0.3) is 0 Å². The first-order valence-corrected chi connectivity index (χ1v) is 4.07. The summed E-state index contributed by atoms with van der Waals surface area (Å²) in [6.07, 6.45) is -3.55. The molecule has 0 bridgehead atoms. The Kier molecular flexibility index (Phi) is 3.33. The predicted molar refractivity (Wildman–Crippen MR) is 48.6 cm³/mol. The van der Waals surface area contributed by atoms with Crippen molar-refractivity contribution >= 4 is 12.1 Å². The standard InChI is InChI=1S/C8H8F3N3O2/c9-8(10,11)16-6-5(1-12)4(3-15)2-14-7(6)13/h2-3H,1,12H2,(H2,13,14). The van der Waals surface area contributed by atoms with Crippen molar-refractivity contribution in [2.45, 2.75) is 12.9 Å². The van der Waals surface area contributed by atoms with E-state index in [1.165, 1.54) is 0 Å². The van der Waals surface area contributed by atoms with Gasteiger partial charge in [-0.05, 0) is 0 Å². The number of aldehydes is 1. The lowest BCUT2D eigenvalue weighted by atomic mass is 10.1. The maximum absolute atomic E-state index is 12.0. The van der Waals surface area contributed by atoms with E-state index in [-0.39, 0.29) is 17.7 Å². The number of ether oxygens (including phenoxy) is 1. The van der Waals surface area contributed by atoms with Gasteiger partial charge in [0.1, 0.15) is 0 Å². The number of nitrogens with zero attached hydrogens (tertiary/aromatic N) is 1. The highest BCUT2D eigenvalue weighted by Crippen LogP contribution is 2.31. The molecule has 0 unspecified atom stereocenters. The molecule has 1 rings (SSSR count). The van der Waals surface area contributed by atoms with E-state index >= 15 is 0 Å². The van der Waals surface area contributed by atoms with Gasteiger partial charge in [0.2, 0.25) is 0 Å². The molecule has 88 valence electrons. The molecule has 0 radical (unpaired) electrons. The van der Waals surface area contributed by atoms with Crippen molar-refractivity contribution < 1.29 is 22.7 Å². The molecule has 0 saturated heterocycles. The molecule has 0 aliphatic rings. The van der Waals surface area contributed by atoms with E-state index in [1.807, 2.05) is 0 Å². The number of nitrogen functional groups attached to an aromatic ring is 1. The highest BCUT2D eigenvalue weighted by atomic mass is 19.4. The topological polar surface area (TPSA) is 91.2 Å². The van der Waals surface area contributed by atoms with Gasteiger partial charge < -0.3 is 16.2 Å². The van der Waals surface area contributed by atoms with Gasteiger partial charge in [-0.1, -0.05) is 0 Å². The lowest BCUT2D eigenvalue weighted by molar-refractivity contribution is -0.274. The van der Waals surface area contributed by atoms with Crippen molar-refractivity contribution in [3.05, 3.63) is 17.3 Å². The van der Waals surface area contributed by atoms with Gasteiger partial charge in [-0.3, -0.25) is 4.79 Å². The summed E-state index contributed by atoms with van der Waals surface area (Å²) in [4.78, 5) is 14.0. The third kappa shape index (κ3) is 2.60. The first-order valence-electron chi connectivity index (χ1n) is 4.07. The molecule has 5 nitrogen and oxygen atoms in total. The Balaban J connectivity index is 3.29. The third-order valence-corrected chi connectivity index (χ3v) is 1.75. The molecule has 0 aromatic carbocycles. The molecule has 0 amide bonds. The highest BCUT2D eigenvalue weighted by molar-refractivity contribution is 5.79. The first kappa shape index (κ1) is 12.2. The van der Waals surface area contributed by atoms with Crippen LogP contribution in [0.1, 0.15) is 15.9 Å². The minimum Gasteiger partial charge on any atom is -0.401 e. The lowest BCUT2D eigenvalue weighted by Crippen LogP contribution is -2.21. The average Bonchev–Trinajstić information content (AvgIpc) is 2.19. The van der Waals surface area contributed by atoms with Gasteiger partial charge in [-0.25, -0.2) is 4.98 Å². The predicted octanol–water partition coefficient (Wildman–Crippen LogP) is 0.834. The highest BCUT2D eigenvalue weighted by Gasteiger charge is 2.33. The Labute approximate surface area is 88.2 Å². The molecule has 16 heavy (non-hydrogen) atoms. The first-order chi connectivity index (χ1) is 7.39. The molecule has 0 aliphatic heterocycles. The number of carbonyl (C=O) groups is 1. The van der Waals surface area contributed by atoms with Gasteiger partial charge in [0, 0.05) is 23.9 Å². The summed E-state index contributed by atoms with van der Waals surface area (Å²) in [6.45, 7) is -0.313. The smallest absolute Gasteiger partial charge is 0.401 e. The van der Waals surface area contributed by atoms with Crippen LogP contribution in [0.4, 0.5) is 19.0 Å². The van der Waals surface area contributed by atoms with Gasteiger partial charge >= 0.3 is 6.36 Å². The minimum atomic E-state index is -4.92. The van der Waals surface area contributed by atoms with Crippen LogP contribution >= 0.6 is 0 Å². The Morgan fingerprint density at radius 2 is 2.12 bits per heavy atom. The van der Waals surface area contributed by atoms with Crippen LogP contribution in [-0.4, -0.2) is 17.6 Å². The maximum Gasteiger partial charge on any atom is 0.573 e. The molecule has 1 aromatic heterocycles. The molecule has 4 N–H and O–H groups in total. The van der Waals surface area contributed by atoms with Crippen LogP contribution in [0.3, 0.4) is 0 Å². The second kappa shape index (κ2) is 4.35. The Hall–Kier alpha value is -1.83. The van der Waals surface area contributed by atoms with Crippen LogP contribution in [0.15, 0.2) is 6.20 Å². The maximum atomic E-state index is 12.0. The normalized spacial score (nSPS) is 11.2. The molecule has 0 saturated carbocycles. The SMILES string of the molecule is NCc1c(C=O)cnc(N)c1OC(F)(F)F. The number of rotatable bonds is 3. The van der Waals surface area contributed by atoms with E-state index in [4.69, 9.17) is 11.5 Å². The molecule has 0 aliphatic carbocycles. The van der Waals surface area contributed by atoms with E-state index in [1.54, 1.807) is 0 Å². The summed E-state index contributed by atoms with van der Waals surface area (Å²) in [6, 6.07) is 0. The van der Waals surface area contributed by atoms with E-state index < -0.39 is 17.9 Å². The van der Waals surface area contributed by atoms with Crippen LogP contribution in [0, 0.1) is 0 Å². The molecule has 0 fully saturated rings. The van der Waals surface area contributed by atoms with Gasteiger partial charge in [0.15, 0.2) is 17.9 Å². The van der Waals surface area contributed by atoms with Crippen molar-refractivity contribution in [2.75, 3.05) is 5.73 Å². The number of hydrogen-bond acceptors (Lipinski definition) is 5. The van der Waals surface area contributed by atoms with Crippen molar-refractivity contribution in [1.29, 1.82) is 0 Å². The zero-order chi connectivity index (χ0) is 12.3. The number of anilines is 1. The van der Waals surface area contributed by atoms with Crippen LogP contribution in [0.2, 0.25) is 0 Å². The number of aromatic nitrogens is 1. The van der Waals surface area contributed by atoms with Gasteiger partial charge in [-0.2, -0.15) is 0 Å². The zero-order valence-corrected chi connectivity index (χ0v) is 7.91. The van der Waals surface area contributed by atoms with Crippen LogP contribution in [-0.2, 0) is 6.54 Å². The monoisotopic (exact) mass is 235 g/mol. The van der Waals surface area contributed by atoms with E-state index in [0.717, 1.165) is 6.20 Å². The van der Waals surface area contributed by atoms with E-state index in [0.29, 0.717) is 6.29 Å².